The maximum absolute atomic E-state index is 9.77. The molecule has 0 spiro atoms. The fraction of sp³-hybridized carbons (Fsp3) is 0.500. The van der Waals surface area contributed by atoms with Gasteiger partial charge in [-0.1, -0.05) is 6.07 Å². The minimum absolute atomic E-state index is 0.0894. The number of phenols is 2. The Bertz CT molecular complexity index is 381. The number of likely N-dealkylation sites (tertiary alicyclic amines) is 1. The van der Waals surface area contributed by atoms with Gasteiger partial charge < -0.3 is 15.9 Å². The Morgan fingerprint density at radius 1 is 1.44 bits per heavy atom. The molecule has 0 bridgehead atoms. The highest BCUT2D eigenvalue weighted by Gasteiger charge is 2.25. The van der Waals surface area contributed by atoms with Gasteiger partial charge in [0.15, 0.2) is 0 Å². The molecule has 0 amide bonds. The highest BCUT2D eigenvalue weighted by molar-refractivity contribution is 5.40. The van der Waals surface area contributed by atoms with E-state index in [0.717, 1.165) is 25.1 Å². The molecule has 1 aromatic carbocycles. The van der Waals surface area contributed by atoms with Crippen molar-refractivity contribution in [3.63, 3.8) is 0 Å². The third-order valence-corrected chi connectivity index (χ3v) is 3.27. The Balaban J connectivity index is 2.17. The first-order valence-corrected chi connectivity index (χ1v) is 5.59. The number of nitrogens with zero attached hydrogens (tertiary/aromatic N) is 1. The largest absolute Gasteiger partial charge is 0.508 e. The zero-order valence-corrected chi connectivity index (χ0v) is 9.43. The molecule has 16 heavy (non-hydrogen) atoms. The van der Waals surface area contributed by atoms with Crippen molar-refractivity contribution in [3.05, 3.63) is 23.8 Å². The molecule has 88 valence electrons. The zero-order chi connectivity index (χ0) is 11.7. The van der Waals surface area contributed by atoms with Gasteiger partial charge in [-0.2, -0.15) is 0 Å². The molecule has 1 aromatic rings. The van der Waals surface area contributed by atoms with Crippen molar-refractivity contribution < 1.29 is 10.2 Å². The zero-order valence-electron chi connectivity index (χ0n) is 9.43. The van der Waals surface area contributed by atoms with Gasteiger partial charge in [0.05, 0.1) is 0 Å². The minimum atomic E-state index is 0.0894. The van der Waals surface area contributed by atoms with Gasteiger partial charge in [0.2, 0.25) is 0 Å². The van der Waals surface area contributed by atoms with Gasteiger partial charge in [0, 0.05) is 36.8 Å². The Morgan fingerprint density at radius 3 is 2.75 bits per heavy atom. The maximum Gasteiger partial charge on any atom is 0.124 e. The molecule has 0 radical (unpaired) electrons. The van der Waals surface area contributed by atoms with E-state index in [1.54, 1.807) is 12.1 Å². The van der Waals surface area contributed by atoms with Crippen molar-refractivity contribution in [1.82, 2.24) is 4.90 Å². The number of phenolic OH excluding ortho intramolecular Hbond substituents is 2. The summed E-state index contributed by atoms with van der Waals surface area (Å²) in [7, 11) is 0. The third kappa shape index (κ3) is 2.13. The highest BCUT2D eigenvalue weighted by atomic mass is 16.3. The summed E-state index contributed by atoms with van der Waals surface area (Å²) in [5.74, 6) is 0.236. The quantitative estimate of drug-likeness (QED) is 0.703. The number of aromatic hydroxyl groups is 2. The SMILES string of the molecule is CC(c1ccc(O)cc1O)N1CCC(N)C1. The molecule has 0 aromatic heterocycles. The first-order chi connectivity index (χ1) is 7.58. The summed E-state index contributed by atoms with van der Waals surface area (Å²) in [5.41, 5.74) is 6.70. The average molecular weight is 222 g/mol. The lowest BCUT2D eigenvalue weighted by Crippen LogP contribution is -2.28. The maximum atomic E-state index is 9.77. The standard InChI is InChI=1S/C12H18N2O2/c1-8(14-5-4-9(13)7-14)11-3-2-10(15)6-12(11)16/h2-3,6,8-9,15-16H,4-5,7,13H2,1H3. The van der Waals surface area contributed by atoms with Gasteiger partial charge >= 0.3 is 0 Å². The smallest absolute Gasteiger partial charge is 0.124 e. The molecule has 0 aliphatic carbocycles. The predicted molar refractivity (Wildman–Crippen MR) is 62.4 cm³/mol. The summed E-state index contributed by atoms with van der Waals surface area (Å²) in [6.45, 7) is 3.87. The van der Waals surface area contributed by atoms with E-state index in [2.05, 4.69) is 4.90 Å². The number of hydrogen-bond acceptors (Lipinski definition) is 4. The molecule has 2 rings (SSSR count). The first kappa shape index (κ1) is 11.2. The van der Waals surface area contributed by atoms with E-state index in [0.29, 0.717) is 0 Å². The molecule has 2 unspecified atom stereocenters. The molecule has 4 N–H and O–H groups in total. The van der Waals surface area contributed by atoms with Crippen molar-refractivity contribution in [2.45, 2.75) is 25.4 Å². The predicted octanol–water partition coefficient (Wildman–Crippen LogP) is 1.19. The van der Waals surface area contributed by atoms with Crippen LogP contribution in [0.25, 0.3) is 0 Å². The van der Waals surface area contributed by atoms with Gasteiger partial charge in [-0.15, -0.1) is 0 Å². The lowest BCUT2D eigenvalue weighted by Gasteiger charge is -2.25. The van der Waals surface area contributed by atoms with E-state index in [9.17, 15) is 10.2 Å². The molecule has 1 aliphatic heterocycles. The average Bonchev–Trinajstić information content (AvgIpc) is 2.64. The third-order valence-electron chi connectivity index (χ3n) is 3.27. The van der Waals surface area contributed by atoms with Crippen LogP contribution in [0.5, 0.6) is 11.5 Å². The molecule has 2 atom stereocenters. The van der Waals surface area contributed by atoms with Crippen LogP contribution in [0.4, 0.5) is 0 Å². The van der Waals surface area contributed by atoms with Gasteiger partial charge in [-0.3, -0.25) is 4.90 Å². The molecular weight excluding hydrogens is 204 g/mol. The minimum Gasteiger partial charge on any atom is -0.508 e. The van der Waals surface area contributed by atoms with Crippen molar-refractivity contribution in [1.29, 1.82) is 0 Å². The Labute approximate surface area is 95.3 Å². The Morgan fingerprint density at radius 2 is 2.19 bits per heavy atom. The molecule has 1 aliphatic rings. The van der Waals surface area contributed by atoms with Crippen molar-refractivity contribution in [2.75, 3.05) is 13.1 Å². The van der Waals surface area contributed by atoms with E-state index < -0.39 is 0 Å². The van der Waals surface area contributed by atoms with Crippen molar-refractivity contribution >= 4 is 0 Å². The summed E-state index contributed by atoms with van der Waals surface area (Å²) >= 11 is 0. The van der Waals surface area contributed by atoms with Gasteiger partial charge in [-0.25, -0.2) is 0 Å². The summed E-state index contributed by atoms with van der Waals surface area (Å²) < 4.78 is 0. The van der Waals surface area contributed by atoms with Crippen molar-refractivity contribution in [3.8, 4) is 11.5 Å². The van der Waals surface area contributed by atoms with Crippen LogP contribution < -0.4 is 5.73 Å². The monoisotopic (exact) mass is 222 g/mol. The summed E-state index contributed by atoms with van der Waals surface area (Å²) in [6.07, 6.45) is 1.00. The van der Waals surface area contributed by atoms with Crippen LogP contribution in [0.1, 0.15) is 24.9 Å². The van der Waals surface area contributed by atoms with Crippen LogP contribution in [-0.4, -0.2) is 34.2 Å². The molecule has 0 saturated carbocycles. The Hall–Kier alpha value is -1.26. The van der Waals surface area contributed by atoms with Crippen LogP contribution >= 0.6 is 0 Å². The van der Waals surface area contributed by atoms with Crippen molar-refractivity contribution in [2.24, 2.45) is 5.73 Å². The second-order valence-electron chi connectivity index (χ2n) is 4.46. The van der Waals surface area contributed by atoms with Gasteiger partial charge in [0.1, 0.15) is 11.5 Å². The molecule has 1 fully saturated rings. The number of benzene rings is 1. The lowest BCUT2D eigenvalue weighted by molar-refractivity contribution is 0.254. The Kier molecular flexibility index (Phi) is 3.03. The first-order valence-electron chi connectivity index (χ1n) is 5.59. The summed E-state index contributed by atoms with van der Waals surface area (Å²) in [6, 6.07) is 5.11. The lowest BCUT2D eigenvalue weighted by atomic mass is 10.1. The summed E-state index contributed by atoms with van der Waals surface area (Å²) in [5, 5.41) is 19.0. The van der Waals surface area contributed by atoms with Gasteiger partial charge in [0.25, 0.3) is 0 Å². The van der Waals surface area contributed by atoms with Crippen LogP contribution in [-0.2, 0) is 0 Å². The van der Waals surface area contributed by atoms with Crippen LogP contribution in [0.3, 0.4) is 0 Å². The number of hydrogen-bond donors (Lipinski definition) is 3. The highest BCUT2D eigenvalue weighted by Crippen LogP contribution is 2.32. The van der Waals surface area contributed by atoms with Crippen LogP contribution in [0.2, 0.25) is 0 Å². The molecule has 1 heterocycles. The van der Waals surface area contributed by atoms with E-state index in [4.69, 9.17) is 5.73 Å². The van der Waals surface area contributed by atoms with E-state index in [1.165, 1.54) is 6.07 Å². The second kappa shape index (κ2) is 4.31. The topological polar surface area (TPSA) is 69.7 Å². The molecule has 4 nitrogen and oxygen atoms in total. The summed E-state index contributed by atoms with van der Waals surface area (Å²) in [4.78, 5) is 2.25. The molecular formula is C12H18N2O2. The normalized spacial score (nSPS) is 23.5. The van der Waals surface area contributed by atoms with Crippen LogP contribution in [0, 0.1) is 0 Å². The van der Waals surface area contributed by atoms with E-state index in [1.807, 2.05) is 6.92 Å². The van der Waals surface area contributed by atoms with Crippen LogP contribution in [0.15, 0.2) is 18.2 Å². The fourth-order valence-electron chi connectivity index (χ4n) is 2.25. The van der Waals surface area contributed by atoms with E-state index >= 15 is 0 Å². The number of nitrogens with two attached hydrogens (primary N) is 1. The van der Waals surface area contributed by atoms with Gasteiger partial charge in [-0.05, 0) is 19.4 Å². The second-order valence-corrected chi connectivity index (χ2v) is 4.46. The van der Waals surface area contributed by atoms with E-state index in [-0.39, 0.29) is 23.6 Å². The fourth-order valence-corrected chi connectivity index (χ4v) is 2.25. The molecule has 1 saturated heterocycles. The molecule has 4 heteroatoms. The number of rotatable bonds is 2.